The van der Waals surface area contributed by atoms with Gasteiger partial charge in [-0.15, -0.1) is 0 Å². The van der Waals surface area contributed by atoms with Gasteiger partial charge >= 0.3 is 0 Å². The van der Waals surface area contributed by atoms with Gasteiger partial charge in [-0.1, -0.05) is 170 Å². The Kier molecular flexibility index (Phi) is 7.64. The second kappa shape index (κ2) is 13.7. The Balaban J connectivity index is 0.942. The van der Waals surface area contributed by atoms with Crippen LogP contribution >= 0.6 is 0 Å². The van der Waals surface area contributed by atoms with Crippen LogP contribution in [-0.2, 0) is 0 Å². The first kappa shape index (κ1) is 34.6. The molecular weight excluding hydrogens is 749 g/mol. The van der Waals surface area contributed by atoms with Crippen LogP contribution in [0.2, 0.25) is 0 Å². The van der Waals surface area contributed by atoms with Crippen LogP contribution in [-0.4, -0.2) is 9.13 Å². The Labute approximate surface area is 359 Å². The van der Waals surface area contributed by atoms with Gasteiger partial charge in [-0.25, -0.2) is 0 Å². The maximum atomic E-state index is 2.48. The van der Waals surface area contributed by atoms with E-state index in [-0.39, 0.29) is 0 Å². The van der Waals surface area contributed by atoms with Gasteiger partial charge in [-0.2, -0.15) is 0 Å². The Morgan fingerprint density at radius 1 is 0.226 bits per heavy atom. The van der Waals surface area contributed by atoms with E-state index in [1.54, 1.807) is 0 Å². The highest BCUT2D eigenvalue weighted by atomic mass is 15.0. The van der Waals surface area contributed by atoms with Gasteiger partial charge in [0, 0.05) is 38.4 Å². The van der Waals surface area contributed by atoms with Crippen LogP contribution in [0.25, 0.3) is 122 Å². The van der Waals surface area contributed by atoms with Crippen molar-refractivity contribution < 1.29 is 0 Å². The molecule has 10 aromatic carbocycles. The second-order valence-corrected chi connectivity index (χ2v) is 16.5. The molecule has 0 bridgehead atoms. The molecule has 0 atom stereocenters. The number of rotatable bonds is 5. The molecule has 288 valence electrons. The van der Waals surface area contributed by atoms with E-state index in [0.29, 0.717) is 0 Å². The summed E-state index contributed by atoms with van der Waals surface area (Å²) in [5, 5.41) is 5.03. The lowest BCUT2D eigenvalue weighted by molar-refractivity contribution is 1.18. The predicted molar refractivity (Wildman–Crippen MR) is 261 cm³/mol. The molecule has 2 nitrogen and oxygen atoms in total. The molecule has 1 aliphatic rings. The number of nitrogens with zero attached hydrogens (tertiary/aromatic N) is 2. The zero-order valence-corrected chi connectivity index (χ0v) is 33.8. The molecule has 13 rings (SSSR count). The molecule has 0 fully saturated rings. The molecule has 12 aromatic rings. The Hall–Kier alpha value is -8.20. The summed E-state index contributed by atoms with van der Waals surface area (Å²) in [4.78, 5) is 0. The molecule has 1 aliphatic heterocycles. The average Bonchev–Trinajstić information content (AvgIpc) is 3.82. The average molecular weight is 787 g/mol. The second-order valence-electron chi connectivity index (χ2n) is 16.5. The van der Waals surface area contributed by atoms with Crippen LogP contribution < -0.4 is 0 Å². The summed E-state index contributed by atoms with van der Waals surface area (Å²) in [7, 11) is 0. The van der Waals surface area contributed by atoms with Crippen molar-refractivity contribution in [2.24, 2.45) is 0 Å². The summed E-state index contributed by atoms with van der Waals surface area (Å²) in [6.07, 6.45) is 0. The van der Waals surface area contributed by atoms with E-state index in [4.69, 9.17) is 0 Å². The third-order valence-corrected chi connectivity index (χ3v) is 13.0. The number of hydrogen-bond donors (Lipinski definition) is 0. The molecule has 0 saturated carbocycles. The van der Waals surface area contributed by atoms with Crippen molar-refractivity contribution in [3.63, 3.8) is 0 Å². The van der Waals surface area contributed by atoms with Gasteiger partial charge in [0.25, 0.3) is 0 Å². The first-order valence-electron chi connectivity index (χ1n) is 21.4. The third kappa shape index (κ3) is 5.30. The predicted octanol–water partition coefficient (Wildman–Crippen LogP) is 16.2. The van der Waals surface area contributed by atoms with Gasteiger partial charge in [-0.05, 0) is 116 Å². The van der Waals surface area contributed by atoms with Gasteiger partial charge in [0.15, 0.2) is 0 Å². The zero-order valence-electron chi connectivity index (χ0n) is 33.8. The van der Waals surface area contributed by atoms with E-state index in [1.807, 2.05) is 0 Å². The standard InChI is InChI=1S/C60H38N2/c1-3-15-39(16-4-1)44-33-45(40-17-5-2-6-18-40)35-47(34-44)61-56-24-12-10-22-51(56)53-36-43(31-32-59(53)61)41-27-29-42(30-28-41)46-37-54-49-20-8-7-19-48(49)50-21-9-13-25-57(50)62-58-26-14-11-23-52(58)55(38-46)60(54)62/h1-38H. The smallest absolute Gasteiger partial charge is 0.0620 e. The van der Waals surface area contributed by atoms with Gasteiger partial charge in [0.2, 0.25) is 0 Å². The van der Waals surface area contributed by atoms with E-state index in [2.05, 4.69) is 240 Å². The Morgan fingerprint density at radius 2 is 0.677 bits per heavy atom. The first-order chi connectivity index (χ1) is 30.7. The van der Waals surface area contributed by atoms with Crippen molar-refractivity contribution >= 4 is 43.6 Å². The van der Waals surface area contributed by atoms with Crippen LogP contribution in [0.3, 0.4) is 0 Å². The minimum absolute atomic E-state index is 1.15. The normalized spacial score (nSPS) is 11.9. The van der Waals surface area contributed by atoms with E-state index in [1.165, 1.54) is 116 Å². The summed E-state index contributed by atoms with van der Waals surface area (Å²) in [5.41, 5.74) is 21.9. The number of para-hydroxylation sites is 3. The summed E-state index contributed by atoms with van der Waals surface area (Å²) < 4.78 is 4.92. The van der Waals surface area contributed by atoms with Gasteiger partial charge in [-0.3, -0.25) is 0 Å². The van der Waals surface area contributed by atoms with E-state index in [9.17, 15) is 0 Å². The molecule has 0 spiro atoms. The van der Waals surface area contributed by atoms with Crippen molar-refractivity contribution in [1.82, 2.24) is 9.13 Å². The fourth-order valence-corrected chi connectivity index (χ4v) is 10.2. The summed E-state index contributed by atoms with van der Waals surface area (Å²) >= 11 is 0. The lowest BCUT2D eigenvalue weighted by atomic mass is 9.91. The van der Waals surface area contributed by atoms with E-state index >= 15 is 0 Å². The van der Waals surface area contributed by atoms with Gasteiger partial charge in [0.1, 0.15) is 0 Å². The van der Waals surface area contributed by atoms with Gasteiger partial charge in [0.05, 0.1) is 27.8 Å². The van der Waals surface area contributed by atoms with Crippen LogP contribution in [0.1, 0.15) is 0 Å². The van der Waals surface area contributed by atoms with Crippen LogP contribution in [0.4, 0.5) is 0 Å². The lowest BCUT2D eigenvalue weighted by Crippen LogP contribution is -1.96. The topological polar surface area (TPSA) is 9.86 Å². The Morgan fingerprint density at radius 3 is 1.35 bits per heavy atom. The minimum Gasteiger partial charge on any atom is -0.309 e. The van der Waals surface area contributed by atoms with Gasteiger partial charge < -0.3 is 9.13 Å². The molecule has 0 N–H and O–H groups in total. The van der Waals surface area contributed by atoms with E-state index < -0.39 is 0 Å². The van der Waals surface area contributed by atoms with Crippen molar-refractivity contribution in [3.8, 4) is 78.1 Å². The molecule has 62 heavy (non-hydrogen) atoms. The minimum atomic E-state index is 1.15. The number of fused-ring (bicyclic) bond motifs is 11. The molecule has 3 heterocycles. The largest absolute Gasteiger partial charge is 0.309 e. The third-order valence-electron chi connectivity index (χ3n) is 13.0. The van der Waals surface area contributed by atoms with Crippen molar-refractivity contribution in [2.75, 3.05) is 0 Å². The van der Waals surface area contributed by atoms with Crippen molar-refractivity contribution in [1.29, 1.82) is 0 Å². The first-order valence-corrected chi connectivity index (χ1v) is 21.4. The molecule has 0 radical (unpaired) electrons. The Bertz CT molecular complexity index is 3660. The number of benzene rings is 10. The summed E-state index contributed by atoms with van der Waals surface area (Å²) in [6, 6.07) is 84.8. The molecule has 0 saturated heterocycles. The summed E-state index contributed by atoms with van der Waals surface area (Å²) in [5.74, 6) is 0. The SMILES string of the molecule is c1ccc(-c2cc(-c3ccccc3)cc(-n3c4ccccc4c4cc(-c5ccc(-c6cc7c8c(c6)c6ccccc6n8-c6ccccc6-c6ccccc6-7)cc5)ccc43)c2)cc1. The van der Waals surface area contributed by atoms with Crippen LogP contribution in [0.15, 0.2) is 231 Å². The van der Waals surface area contributed by atoms with Crippen molar-refractivity contribution in [3.05, 3.63) is 231 Å². The molecule has 0 unspecified atom stereocenters. The molecule has 0 aliphatic carbocycles. The number of hydrogen-bond acceptors (Lipinski definition) is 0. The maximum absolute atomic E-state index is 2.48. The fourth-order valence-electron chi connectivity index (χ4n) is 10.2. The molecule has 0 amide bonds. The summed E-state index contributed by atoms with van der Waals surface area (Å²) in [6.45, 7) is 0. The molecule has 2 aromatic heterocycles. The van der Waals surface area contributed by atoms with Crippen molar-refractivity contribution in [2.45, 2.75) is 0 Å². The highest BCUT2D eigenvalue weighted by Crippen LogP contribution is 2.48. The fraction of sp³-hybridized carbons (Fsp3) is 0. The molecular formula is C60H38N2. The van der Waals surface area contributed by atoms with Crippen LogP contribution in [0, 0.1) is 0 Å². The monoisotopic (exact) mass is 786 g/mol. The van der Waals surface area contributed by atoms with Crippen LogP contribution in [0.5, 0.6) is 0 Å². The highest BCUT2D eigenvalue weighted by Gasteiger charge is 2.25. The lowest BCUT2D eigenvalue weighted by Gasteiger charge is -2.14. The highest BCUT2D eigenvalue weighted by molar-refractivity contribution is 6.18. The van der Waals surface area contributed by atoms with E-state index in [0.717, 1.165) is 5.69 Å². The maximum Gasteiger partial charge on any atom is 0.0620 e. The quantitative estimate of drug-likeness (QED) is 0.164. The zero-order chi connectivity index (χ0) is 40.7. The molecule has 2 heteroatoms. The number of aromatic nitrogens is 2.